The maximum atomic E-state index is 2.32. The van der Waals surface area contributed by atoms with Gasteiger partial charge in [0.25, 0.3) is 0 Å². The van der Waals surface area contributed by atoms with Crippen molar-refractivity contribution in [2.24, 2.45) is 0 Å². The van der Waals surface area contributed by atoms with Crippen LogP contribution in [0.4, 0.5) is 0 Å². The minimum atomic E-state index is 1.29. The Kier molecular flexibility index (Phi) is 1.55. The van der Waals surface area contributed by atoms with E-state index in [2.05, 4.69) is 30.7 Å². The molecule has 0 saturated heterocycles. The third-order valence-electron chi connectivity index (χ3n) is 3.15. The topological polar surface area (TPSA) is 0 Å². The monoisotopic (exact) mass is 169 g/mol. The van der Waals surface area contributed by atoms with Crippen LogP contribution in [0, 0.1) is 6.42 Å². The van der Waals surface area contributed by atoms with Gasteiger partial charge in [-0.25, -0.2) is 0 Å². The molecule has 13 heavy (non-hydrogen) atoms. The Hall–Kier alpha value is -1.04. The third kappa shape index (κ3) is 1.05. The number of hydrogen-bond acceptors (Lipinski definition) is 0. The zero-order valence-electron chi connectivity index (χ0n) is 7.72. The van der Waals surface area contributed by atoms with Gasteiger partial charge in [-0.05, 0) is 47.9 Å². The van der Waals surface area contributed by atoms with Crippen LogP contribution in [0.3, 0.4) is 0 Å². The predicted molar refractivity (Wildman–Crippen MR) is 55.5 cm³/mol. The van der Waals surface area contributed by atoms with Crippen molar-refractivity contribution >= 4 is 6.08 Å². The molecule has 0 aromatic heterocycles. The molecule has 1 radical (unpaired) electrons. The number of benzene rings is 1. The highest BCUT2D eigenvalue weighted by Crippen LogP contribution is 2.31. The van der Waals surface area contributed by atoms with Gasteiger partial charge in [0.05, 0.1) is 0 Å². The second kappa shape index (κ2) is 2.73. The minimum Gasteiger partial charge on any atom is -0.0754 e. The third-order valence-corrected chi connectivity index (χ3v) is 3.15. The lowest BCUT2D eigenvalue weighted by Crippen LogP contribution is -2.05. The van der Waals surface area contributed by atoms with E-state index < -0.39 is 0 Å². The van der Waals surface area contributed by atoms with Crippen LogP contribution in [0.2, 0.25) is 0 Å². The van der Waals surface area contributed by atoms with Gasteiger partial charge in [-0.15, -0.1) is 0 Å². The van der Waals surface area contributed by atoms with E-state index in [0.29, 0.717) is 0 Å². The molecule has 0 heterocycles. The first kappa shape index (κ1) is 7.37. The van der Waals surface area contributed by atoms with Crippen LogP contribution in [-0.4, -0.2) is 0 Å². The highest BCUT2D eigenvalue weighted by Gasteiger charge is 2.16. The molecule has 3 rings (SSSR count). The molecule has 1 aromatic carbocycles. The second-order valence-electron chi connectivity index (χ2n) is 3.94. The Balaban J connectivity index is 2.19. The number of aryl methyl sites for hydroxylation is 1. The summed E-state index contributed by atoms with van der Waals surface area (Å²) < 4.78 is 0. The van der Waals surface area contributed by atoms with E-state index in [-0.39, 0.29) is 0 Å². The van der Waals surface area contributed by atoms with E-state index >= 15 is 0 Å². The van der Waals surface area contributed by atoms with E-state index in [9.17, 15) is 0 Å². The molecule has 65 valence electrons. The molecule has 2 aliphatic carbocycles. The van der Waals surface area contributed by atoms with E-state index in [0.717, 1.165) is 0 Å². The predicted octanol–water partition coefficient (Wildman–Crippen LogP) is 3.14. The fourth-order valence-electron chi connectivity index (χ4n) is 2.46. The van der Waals surface area contributed by atoms with Crippen molar-refractivity contribution in [2.75, 3.05) is 0 Å². The molecule has 0 atom stereocenters. The summed E-state index contributed by atoms with van der Waals surface area (Å²) in [6, 6.07) is 4.58. The first-order chi connectivity index (χ1) is 6.45. The highest BCUT2D eigenvalue weighted by molar-refractivity contribution is 5.68. The molecule has 0 spiro atoms. The first-order valence-corrected chi connectivity index (χ1v) is 5.11. The number of allylic oxidation sites excluding steroid dienone is 1. The fourth-order valence-corrected chi connectivity index (χ4v) is 2.46. The van der Waals surface area contributed by atoms with Crippen LogP contribution in [0.5, 0.6) is 0 Å². The summed E-state index contributed by atoms with van der Waals surface area (Å²) in [6.07, 6.45) is 12.0. The van der Waals surface area contributed by atoms with Crippen LogP contribution in [0.25, 0.3) is 6.08 Å². The Morgan fingerprint density at radius 1 is 1.00 bits per heavy atom. The number of hydrogen-bond donors (Lipinski definition) is 0. The van der Waals surface area contributed by atoms with Gasteiger partial charge in [-0.3, -0.25) is 0 Å². The van der Waals surface area contributed by atoms with Crippen molar-refractivity contribution < 1.29 is 0 Å². The minimum absolute atomic E-state index is 1.29. The quantitative estimate of drug-likeness (QED) is 0.559. The van der Waals surface area contributed by atoms with E-state index in [1.807, 2.05) is 0 Å². The average molecular weight is 169 g/mol. The van der Waals surface area contributed by atoms with Crippen LogP contribution in [-0.2, 0) is 12.8 Å². The molecule has 0 fully saturated rings. The normalized spacial score (nSPS) is 18.5. The van der Waals surface area contributed by atoms with Gasteiger partial charge in [0.15, 0.2) is 0 Å². The summed E-state index contributed by atoms with van der Waals surface area (Å²) in [5, 5.41) is 0. The van der Waals surface area contributed by atoms with Gasteiger partial charge < -0.3 is 0 Å². The molecule has 2 aliphatic rings. The summed E-state index contributed by atoms with van der Waals surface area (Å²) in [5.74, 6) is 0. The zero-order valence-corrected chi connectivity index (χ0v) is 7.72. The van der Waals surface area contributed by atoms with Gasteiger partial charge in [-0.1, -0.05) is 24.3 Å². The van der Waals surface area contributed by atoms with Crippen LogP contribution < -0.4 is 0 Å². The Morgan fingerprint density at radius 3 is 2.92 bits per heavy atom. The summed E-state index contributed by atoms with van der Waals surface area (Å²) in [5.41, 5.74) is 6.12. The smallest absolute Gasteiger partial charge is 0.0134 e. The molecule has 0 heteroatoms. The van der Waals surface area contributed by atoms with Gasteiger partial charge >= 0.3 is 0 Å². The highest BCUT2D eigenvalue weighted by atomic mass is 14.2. The standard InChI is InChI=1S/C13H13/c1-2-6-12-10(4-1)8-9-11-5-3-7-13(11)12/h3,5,7-9H,1-2,4,6H2. The average Bonchev–Trinajstić information content (AvgIpc) is 2.65. The van der Waals surface area contributed by atoms with Crippen molar-refractivity contribution in [1.82, 2.24) is 0 Å². The molecular formula is C13H13. The largest absolute Gasteiger partial charge is 0.0754 e. The molecule has 0 N–H and O–H groups in total. The van der Waals surface area contributed by atoms with E-state index in [1.165, 1.54) is 36.8 Å². The maximum absolute atomic E-state index is 2.32. The molecule has 0 nitrogen and oxygen atoms in total. The second-order valence-corrected chi connectivity index (χ2v) is 3.94. The molecule has 0 amide bonds. The van der Waals surface area contributed by atoms with Crippen molar-refractivity contribution in [3.63, 3.8) is 0 Å². The fraction of sp³-hybridized carbons (Fsp3) is 0.308. The molecule has 0 unspecified atom stereocenters. The summed E-state index contributed by atoms with van der Waals surface area (Å²) >= 11 is 0. The van der Waals surface area contributed by atoms with Gasteiger partial charge in [0.2, 0.25) is 0 Å². The van der Waals surface area contributed by atoms with E-state index in [1.54, 1.807) is 11.1 Å². The van der Waals surface area contributed by atoms with Crippen molar-refractivity contribution in [3.05, 3.63) is 46.9 Å². The van der Waals surface area contributed by atoms with Gasteiger partial charge in [0.1, 0.15) is 0 Å². The van der Waals surface area contributed by atoms with E-state index in [4.69, 9.17) is 0 Å². The number of rotatable bonds is 0. The molecular weight excluding hydrogens is 156 g/mol. The van der Waals surface area contributed by atoms with Crippen molar-refractivity contribution in [1.29, 1.82) is 0 Å². The SMILES string of the molecule is [CH]1C=Cc2ccc3c(c21)CCCC3. The Bertz CT molecular complexity index is 372. The summed E-state index contributed by atoms with van der Waals surface area (Å²) in [7, 11) is 0. The molecule has 0 aliphatic heterocycles. The molecule has 0 saturated carbocycles. The Morgan fingerprint density at radius 2 is 1.92 bits per heavy atom. The van der Waals surface area contributed by atoms with Gasteiger partial charge in [-0.2, -0.15) is 0 Å². The zero-order chi connectivity index (χ0) is 8.67. The molecule has 1 aromatic rings. The summed E-state index contributed by atoms with van der Waals surface area (Å²) in [4.78, 5) is 0. The Labute approximate surface area is 79.3 Å². The first-order valence-electron chi connectivity index (χ1n) is 5.11. The van der Waals surface area contributed by atoms with Crippen LogP contribution in [0.15, 0.2) is 18.2 Å². The lowest BCUT2D eigenvalue weighted by atomic mass is 9.86. The van der Waals surface area contributed by atoms with Crippen molar-refractivity contribution in [3.8, 4) is 0 Å². The van der Waals surface area contributed by atoms with Crippen molar-refractivity contribution in [2.45, 2.75) is 25.7 Å². The van der Waals surface area contributed by atoms with Gasteiger partial charge in [0, 0.05) is 6.42 Å². The van der Waals surface area contributed by atoms with Crippen LogP contribution >= 0.6 is 0 Å². The molecule has 0 bridgehead atoms. The lowest BCUT2D eigenvalue weighted by molar-refractivity contribution is 0.683. The van der Waals surface area contributed by atoms with Crippen LogP contribution in [0.1, 0.15) is 35.1 Å². The lowest BCUT2D eigenvalue weighted by Gasteiger charge is -2.18. The maximum Gasteiger partial charge on any atom is 0.0134 e. The summed E-state index contributed by atoms with van der Waals surface area (Å²) in [6.45, 7) is 0. The number of fused-ring (bicyclic) bond motifs is 3.